The van der Waals surface area contributed by atoms with Crippen molar-refractivity contribution in [1.82, 2.24) is 4.90 Å². The molecule has 1 aromatic rings. The monoisotopic (exact) mass is 260 g/mol. The van der Waals surface area contributed by atoms with Crippen molar-refractivity contribution in [2.75, 3.05) is 13.1 Å². The Morgan fingerprint density at radius 2 is 1.83 bits per heavy atom. The minimum absolute atomic E-state index is 0.0372. The average Bonchev–Trinajstić information content (AvgIpc) is 2.33. The lowest BCUT2D eigenvalue weighted by atomic mass is 10.1. The minimum atomic E-state index is -4.23. The SMILES string of the molecule is CCN(Cc1ccccc1)C(CCN)C(F)(F)F. The van der Waals surface area contributed by atoms with Gasteiger partial charge in [0.15, 0.2) is 0 Å². The Morgan fingerprint density at radius 3 is 2.28 bits per heavy atom. The van der Waals surface area contributed by atoms with Crippen molar-refractivity contribution in [2.24, 2.45) is 5.73 Å². The van der Waals surface area contributed by atoms with Crippen LogP contribution in [-0.2, 0) is 6.54 Å². The van der Waals surface area contributed by atoms with E-state index in [2.05, 4.69) is 0 Å². The predicted molar refractivity (Wildman–Crippen MR) is 66.0 cm³/mol. The highest BCUT2D eigenvalue weighted by molar-refractivity contribution is 5.14. The third-order valence-electron chi connectivity index (χ3n) is 2.89. The summed E-state index contributed by atoms with van der Waals surface area (Å²) in [6, 6.07) is 7.70. The van der Waals surface area contributed by atoms with E-state index in [1.54, 1.807) is 6.92 Å². The highest BCUT2D eigenvalue weighted by atomic mass is 19.4. The van der Waals surface area contributed by atoms with E-state index >= 15 is 0 Å². The highest BCUT2D eigenvalue weighted by Crippen LogP contribution is 2.28. The first kappa shape index (κ1) is 15.0. The molecular weight excluding hydrogens is 241 g/mol. The van der Waals surface area contributed by atoms with Crippen molar-refractivity contribution in [2.45, 2.75) is 32.1 Å². The lowest BCUT2D eigenvalue weighted by molar-refractivity contribution is -0.186. The summed E-state index contributed by atoms with van der Waals surface area (Å²) in [5, 5.41) is 0. The average molecular weight is 260 g/mol. The second kappa shape index (κ2) is 6.75. The molecule has 0 aromatic heterocycles. The molecule has 0 bridgehead atoms. The Hall–Kier alpha value is -1.07. The maximum Gasteiger partial charge on any atom is 0.404 e. The molecular formula is C13H19F3N2. The number of alkyl halides is 3. The first-order chi connectivity index (χ1) is 8.49. The van der Waals surface area contributed by atoms with E-state index in [1.165, 1.54) is 4.90 Å². The van der Waals surface area contributed by atoms with Gasteiger partial charge in [0.2, 0.25) is 0 Å². The summed E-state index contributed by atoms with van der Waals surface area (Å²) in [5.74, 6) is 0. The molecule has 0 amide bonds. The topological polar surface area (TPSA) is 29.3 Å². The van der Waals surface area contributed by atoms with Crippen LogP contribution in [0.15, 0.2) is 30.3 Å². The Kier molecular flexibility index (Phi) is 5.62. The fraction of sp³-hybridized carbons (Fsp3) is 0.538. The fourth-order valence-electron chi connectivity index (χ4n) is 1.97. The summed E-state index contributed by atoms with van der Waals surface area (Å²) in [6.45, 7) is 2.41. The van der Waals surface area contributed by atoms with Gasteiger partial charge in [-0.2, -0.15) is 13.2 Å². The van der Waals surface area contributed by atoms with Crippen LogP contribution in [-0.4, -0.2) is 30.2 Å². The molecule has 0 aliphatic heterocycles. The zero-order valence-electron chi connectivity index (χ0n) is 10.5. The largest absolute Gasteiger partial charge is 0.404 e. The van der Waals surface area contributed by atoms with Crippen molar-refractivity contribution in [3.8, 4) is 0 Å². The minimum Gasteiger partial charge on any atom is -0.330 e. The molecule has 1 unspecified atom stereocenters. The summed E-state index contributed by atoms with van der Waals surface area (Å²) in [5.41, 5.74) is 6.17. The maximum atomic E-state index is 12.9. The van der Waals surface area contributed by atoms with Gasteiger partial charge in [-0.1, -0.05) is 37.3 Å². The molecule has 0 heterocycles. The van der Waals surface area contributed by atoms with Gasteiger partial charge >= 0.3 is 6.18 Å². The standard InChI is InChI=1S/C13H19F3N2/c1-2-18(10-11-6-4-3-5-7-11)12(8-9-17)13(14,15)16/h3-7,12H,2,8-10,17H2,1H3. The van der Waals surface area contributed by atoms with E-state index in [9.17, 15) is 13.2 Å². The molecule has 5 heteroatoms. The first-order valence-corrected chi connectivity index (χ1v) is 6.03. The lowest BCUT2D eigenvalue weighted by Crippen LogP contribution is -2.46. The van der Waals surface area contributed by atoms with Crippen LogP contribution in [0, 0.1) is 0 Å². The zero-order valence-corrected chi connectivity index (χ0v) is 10.5. The van der Waals surface area contributed by atoms with Crippen LogP contribution in [0.2, 0.25) is 0 Å². The Labute approximate surface area is 106 Å². The lowest BCUT2D eigenvalue weighted by Gasteiger charge is -2.32. The van der Waals surface area contributed by atoms with E-state index in [0.29, 0.717) is 13.1 Å². The molecule has 0 fully saturated rings. The maximum absolute atomic E-state index is 12.9. The van der Waals surface area contributed by atoms with Gasteiger partial charge in [-0.15, -0.1) is 0 Å². The molecule has 0 spiro atoms. The molecule has 0 aliphatic rings. The summed E-state index contributed by atoms with van der Waals surface area (Å²) in [7, 11) is 0. The number of benzene rings is 1. The summed E-state index contributed by atoms with van der Waals surface area (Å²) in [6.07, 6.45) is -4.30. The molecule has 2 N–H and O–H groups in total. The number of nitrogens with two attached hydrogens (primary N) is 1. The Balaban J connectivity index is 2.79. The van der Waals surface area contributed by atoms with E-state index in [-0.39, 0.29) is 13.0 Å². The third kappa shape index (κ3) is 4.31. The highest BCUT2D eigenvalue weighted by Gasteiger charge is 2.42. The second-order valence-corrected chi connectivity index (χ2v) is 4.18. The van der Waals surface area contributed by atoms with Crippen molar-refractivity contribution in [3.63, 3.8) is 0 Å². The second-order valence-electron chi connectivity index (χ2n) is 4.18. The molecule has 0 aliphatic carbocycles. The van der Waals surface area contributed by atoms with E-state index in [1.807, 2.05) is 30.3 Å². The molecule has 0 saturated heterocycles. The van der Waals surface area contributed by atoms with Gasteiger partial charge in [-0.3, -0.25) is 4.90 Å². The molecule has 2 nitrogen and oxygen atoms in total. The van der Waals surface area contributed by atoms with E-state index < -0.39 is 12.2 Å². The molecule has 0 saturated carbocycles. The zero-order chi connectivity index (χ0) is 13.6. The summed E-state index contributed by atoms with van der Waals surface area (Å²) in [4.78, 5) is 1.42. The molecule has 18 heavy (non-hydrogen) atoms. The van der Waals surface area contributed by atoms with Crippen molar-refractivity contribution < 1.29 is 13.2 Å². The van der Waals surface area contributed by atoms with Gasteiger partial charge in [0.25, 0.3) is 0 Å². The summed E-state index contributed by atoms with van der Waals surface area (Å²) < 4.78 is 38.8. The van der Waals surface area contributed by atoms with Gasteiger partial charge < -0.3 is 5.73 Å². The van der Waals surface area contributed by atoms with Gasteiger partial charge in [0.05, 0.1) is 0 Å². The van der Waals surface area contributed by atoms with Crippen LogP contribution >= 0.6 is 0 Å². The Morgan fingerprint density at radius 1 is 1.22 bits per heavy atom. The van der Waals surface area contributed by atoms with Crippen molar-refractivity contribution in [3.05, 3.63) is 35.9 Å². The first-order valence-electron chi connectivity index (χ1n) is 6.03. The fourth-order valence-corrected chi connectivity index (χ4v) is 1.97. The van der Waals surface area contributed by atoms with Gasteiger partial charge in [-0.25, -0.2) is 0 Å². The van der Waals surface area contributed by atoms with Crippen LogP contribution in [0.5, 0.6) is 0 Å². The third-order valence-corrected chi connectivity index (χ3v) is 2.89. The number of halogens is 3. The predicted octanol–water partition coefficient (Wildman–Crippen LogP) is 2.79. The smallest absolute Gasteiger partial charge is 0.330 e. The number of nitrogens with zero attached hydrogens (tertiary/aromatic N) is 1. The van der Waals surface area contributed by atoms with Gasteiger partial charge in [0.1, 0.15) is 6.04 Å². The van der Waals surface area contributed by atoms with Crippen LogP contribution in [0.25, 0.3) is 0 Å². The Bertz CT molecular complexity index is 338. The molecule has 1 atom stereocenters. The molecule has 102 valence electrons. The molecule has 0 radical (unpaired) electrons. The quantitative estimate of drug-likeness (QED) is 0.852. The van der Waals surface area contributed by atoms with Crippen LogP contribution in [0.4, 0.5) is 13.2 Å². The number of rotatable bonds is 6. The van der Waals surface area contributed by atoms with Gasteiger partial charge in [-0.05, 0) is 25.1 Å². The molecule has 1 aromatic carbocycles. The van der Waals surface area contributed by atoms with E-state index in [0.717, 1.165) is 5.56 Å². The van der Waals surface area contributed by atoms with Crippen molar-refractivity contribution >= 4 is 0 Å². The van der Waals surface area contributed by atoms with Crippen LogP contribution < -0.4 is 5.73 Å². The molecule has 1 rings (SSSR count). The number of hydrogen-bond donors (Lipinski definition) is 1. The van der Waals surface area contributed by atoms with Crippen LogP contribution in [0.3, 0.4) is 0 Å². The van der Waals surface area contributed by atoms with Gasteiger partial charge in [0, 0.05) is 6.54 Å². The normalized spacial score (nSPS) is 13.9. The van der Waals surface area contributed by atoms with Crippen molar-refractivity contribution in [1.29, 1.82) is 0 Å². The van der Waals surface area contributed by atoms with Crippen LogP contribution in [0.1, 0.15) is 18.9 Å². The summed E-state index contributed by atoms with van der Waals surface area (Å²) >= 11 is 0. The number of hydrogen-bond acceptors (Lipinski definition) is 2. The van der Waals surface area contributed by atoms with E-state index in [4.69, 9.17) is 5.73 Å².